The predicted molar refractivity (Wildman–Crippen MR) is 95.2 cm³/mol. The Bertz CT molecular complexity index is 716. The van der Waals surface area contributed by atoms with E-state index in [-0.39, 0.29) is 10.8 Å². The van der Waals surface area contributed by atoms with Gasteiger partial charge >= 0.3 is 4.87 Å². The first-order chi connectivity index (χ1) is 10.9. The normalized spacial score (nSPS) is 10.6. The second-order valence-corrected chi connectivity index (χ2v) is 6.68. The average molecular weight is 333 g/mol. The second kappa shape index (κ2) is 7.46. The topological polar surface area (TPSA) is 45.6 Å². The highest BCUT2D eigenvalue weighted by atomic mass is 32.1. The number of aryl methyl sites for hydroxylation is 1. The van der Waals surface area contributed by atoms with Gasteiger partial charge in [0.15, 0.2) is 0 Å². The summed E-state index contributed by atoms with van der Waals surface area (Å²) >= 11 is 1.18. The number of amides is 1. The van der Waals surface area contributed by atoms with E-state index in [1.165, 1.54) is 11.3 Å². The van der Waals surface area contributed by atoms with Gasteiger partial charge in [0.2, 0.25) is 5.91 Å². The number of carbonyl (C=O) groups excluding carboxylic acids is 1. The van der Waals surface area contributed by atoms with Crippen LogP contribution in [0.3, 0.4) is 0 Å². The lowest BCUT2D eigenvalue weighted by atomic mass is 10.2. The monoisotopic (exact) mass is 333 g/mol. The summed E-state index contributed by atoms with van der Waals surface area (Å²) in [6.07, 6.45) is 0.337. The van der Waals surface area contributed by atoms with E-state index in [9.17, 15) is 9.59 Å². The Kier molecular flexibility index (Phi) is 5.60. The Morgan fingerprint density at radius 2 is 1.83 bits per heavy atom. The van der Waals surface area contributed by atoms with Gasteiger partial charge in [-0.15, -0.1) is 0 Å². The highest BCUT2D eigenvalue weighted by Gasteiger charge is 2.11. The quantitative estimate of drug-likeness (QED) is 0.815. The lowest BCUT2D eigenvalue weighted by Crippen LogP contribution is -2.28. The zero-order valence-corrected chi connectivity index (χ0v) is 14.9. The third-order valence-electron chi connectivity index (χ3n) is 3.82. The molecule has 0 saturated heterocycles. The van der Waals surface area contributed by atoms with Crippen molar-refractivity contribution in [2.24, 2.45) is 0 Å². The van der Waals surface area contributed by atoms with Crippen LogP contribution in [0.5, 0.6) is 0 Å². The van der Waals surface area contributed by atoms with Gasteiger partial charge in [0.25, 0.3) is 0 Å². The van der Waals surface area contributed by atoms with Crippen LogP contribution in [0.15, 0.2) is 34.4 Å². The number of rotatable bonds is 6. The van der Waals surface area contributed by atoms with Gasteiger partial charge in [0.1, 0.15) is 0 Å². The molecule has 0 unspecified atom stereocenters. The lowest BCUT2D eigenvalue weighted by Gasteiger charge is -2.18. The van der Waals surface area contributed by atoms with Gasteiger partial charge in [-0.25, -0.2) is 0 Å². The molecule has 0 atom stereocenters. The molecule has 1 heterocycles. The Balaban J connectivity index is 1.91. The molecule has 1 amide bonds. The molecule has 23 heavy (non-hydrogen) atoms. The molecule has 6 heteroatoms. The van der Waals surface area contributed by atoms with Crippen molar-refractivity contribution in [1.29, 1.82) is 0 Å². The third kappa shape index (κ3) is 4.45. The first-order valence-electron chi connectivity index (χ1n) is 7.53. The zero-order chi connectivity index (χ0) is 17.0. The van der Waals surface area contributed by atoms with Crippen molar-refractivity contribution >= 4 is 22.9 Å². The van der Waals surface area contributed by atoms with Crippen LogP contribution >= 0.6 is 11.3 Å². The highest BCUT2D eigenvalue weighted by molar-refractivity contribution is 7.07. The van der Waals surface area contributed by atoms with Crippen molar-refractivity contribution in [3.63, 3.8) is 0 Å². The number of aromatic nitrogens is 1. The maximum Gasteiger partial charge on any atom is 0.307 e. The number of thiazole rings is 1. The first kappa shape index (κ1) is 17.3. The van der Waals surface area contributed by atoms with Crippen molar-refractivity contribution in [2.45, 2.75) is 26.4 Å². The van der Waals surface area contributed by atoms with E-state index in [1.807, 2.05) is 55.6 Å². The molecule has 0 aliphatic carbocycles. The summed E-state index contributed by atoms with van der Waals surface area (Å²) in [5, 5.41) is 1.82. The van der Waals surface area contributed by atoms with Crippen LogP contribution in [0.4, 0.5) is 5.69 Å². The van der Waals surface area contributed by atoms with Crippen molar-refractivity contribution in [3.05, 3.63) is 50.6 Å². The molecule has 5 nitrogen and oxygen atoms in total. The molecule has 2 rings (SSSR count). The molecule has 0 bridgehead atoms. The van der Waals surface area contributed by atoms with E-state index in [4.69, 9.17) is 0 Å². The van der Waals surface area contributed by atoms with E-state index in [0.717, 1.165) is 16.9 Å². The summed E-state index contributed by atoms with van der Waals surface area (Å²) in [6, 6.07) is 8.16. The Hall–Kier alpha value is -2.08. The van der Waals surface area contributed by atoms with Crippen LogP contribution < -0.4 is 9.77 Å². The highest BCUT2D eigenvalue weighted by Crippen LogP contribution is 2.13. The van der Waals surface area contributed by atoms with Crippen LogP contribution in [-0.4, -0.2) is 36.5 Å². The SMILES string of the molecule is Cc1csc(=O)n1CCC(=O)N(C)Cc1ccc(N(C)C)cc1. The van der Waals surface area contributed by atoms with Crippen LogP contribution in [0.2, 0.25) is 0 Å². The summed E-state index contributed by atoms with van der Waals surface area (Å²) in [5.41, 5.74) is 3.14. The molecule has 0 radical (unpaired) electrons. The van der Waals surface area contributed by atoms with Gasteiger partial charge in [-0.05, 0) is 24.6 Å². The number of carbonyl (C=O) groups is 1. The van der Waals surface area contributed by atoms with Crippen LogP contribution in [0.1, 0.15) is 17.7 Å². The van der Waals surface area contributed by atoms with Crippen molar-refractivity contribution in [1.82, 2.24) is 9.47 Å². The fraction of sp³-hybridized carbons (Fsp3) is 0.412. The molecule has 0 N–H and O–H groups in total. The lowest BCUT2D eigenvalue weighted by molar-refractivity contribution is -0.130. The minimum atomic E-state index is -0.00257. The fourth-order valence-corrected chi connectivity index (χ4v) is 3.10. The molecule has 1 aromatic heterocycles. The summed E-state index contributed by atoms with van der Waals surface area (Å²) in [5.74, 6) is 0.0409. The minimum absolute atomic E-state index is 0.00257. The Labute approximate surface area is 140 Å². The summed E-state index contributed by atoms with van der Waals surface area (Å²) in [4.78, 5) is 27.6. The number of nitrogens with zero attached hydrogens (tertiary/aromatic N) is 3. The largest absolute Gasteiger partial charge is 0.378 e. The van der Waals surface area contributed by atoms with Gasteiger partial charge in [-0.2, -0.15) is 0 Å². The number of hydrogen-bond acceptors (Lipinski definition) is 4. The first-order valence-corrected chi connectivity index (χ1v) is 8.41. The number of anilines is 1. The molecule has 1 aromatic carbocycles. The molecule has 0 aliphatic rings. The number of hydrogen-bond donors (Lipinski definition) is 0. The van der Waals surface area contributed by atoms with Crippen LogP contribution in [0, 0.1) is 6.92 Å². The third-order valence-corrected chi connectivity index (χ3v) is 4.70. The summed E-state index contributed by atoms with van der Waals surface area (Å²) < 4.78 is 1.66. The van der Waals surface area contributed by atoms with Gasteiger partial charge in [0, 0.05) is 57.4 Å². The zero-order valence-electron chi connectivity index (χ0n) is 14.1. The van der Waals surface area contributed by atoms with Gasteiger partial charge in [0.05, 0.1) is 0 Å². The standard InChI is InChI=1S/C17H23N3O2S/c1-13-12-23-17(22)20(13)10-9-16(21)19(4)11-14-5-7-15(8-6-14)18(2)3/h5-8,12H,9-11H2,1-4H3. The smallest absolute Gasteiger partial charge is 0.307 e. The predicted octanol–water partition coefficient (Wildman–Crippen LogP) is 2.33. The van der Waals surface area contributed by atoms with Crippen molar-refractivity contribution < 1.29 is 4.79 Å². The van der Waals surface area contributed by atoms with E-state index in [0.29, 0.717) is 19.5 Å². The van der Waals surface area contributed by atoms with Crippen molar-refractivity contribution in [3.8, 4) is 0 Å². The molecule has 124 valence electrons. The number of benzene rings is 1. The molecule has 0 aliphatic heterocycles. The molecule has 0 saturated carbocycles. The van der Waals surface area contributed by atoms with Crippen molar-refractivity contribution in [2.75, 3.05) is 26.0 Å². The van der Waals surface area contributed by atoms with Crippen LogP contribution in [0.25, 0.3) is 0 Å². The summed E-state index contributed by atoms with van der Waals surface area (Å²) in [6.45, 7) is 2.90. The van der Waals surface area contributed by atoms with E-state index >= 15 is 0 Å². The molecule has 0 fully saturated rings. The average Bonchev–Trinajstić information content (AvgIpc) is 2.84. The van der Waals surface area contributed by atoms with Gasteiger partial charge < -0.3 is 14.4 Å². The van der Waals surface area contributed by atoms with E-state index in [2.05, 4.69) is 0 Å². The van der Waals surface area contributed by atoms with E-state index in [1.54, 1.807) is 16.5 Å². The Morgan fingerprint density at radius 1 is 1.17 bits per heavy atom. The molecule has 0 spiro atoms. The van der Waals surface area contributed by atoms with Gasteiger partial charge in [-0.3, -0.25) is 9.59 Å². The molecular formula is C17H23N3O2S. The summed E-state index contributed by atoms with van der Waals surface area (Å²) in [7, 11) is 5.80. The van der Waals surface area contributed by atoms with E-state index < -0.39 is 0 Å². The second-order valence-electron chi connectivity index (χ2n) is 5.86. The maximum atomic E-state index is 12.2. The Morgan fingerprint density at radius 3 is 2.35 bits per heavy atom. The minimum Gasteiger partial charge on any atom is -0.378 e. The molecular weight excluding hydrogens is 310 g/mol. The molecule has 2 aromatic rings. The van der Waals surface area contributed by atoms with Gasteiger partial charge in [-0.1, -0.05) is 23.5 Å². The maximum absolute atomic E-state index is 12.2. The fourth-order valence-electron chi connectivity index (χ4n) is 2.33. The van der Waals surface area contributed by atoms with Crippen LogP contribution in [-0.2, 0) is 17.9 Å².